The van der Waals surface area contributed by atoms with Crippen molar-refractivity contribution in [1.82, 2.24) is 4.98 Å². The molecule has 8 nitrogen and oxygen atoms in total. The number of nitrogens with two attached hydrogens (primary N) is 3. The molecule has 2 rings (SSSR count). The number of carbonyl (C=O) groups excluding carboxylic acids is 1. The highest BCUT2D eigenvalue weighted by Crippen LogP contribution is 2.36. The van der Waals surface area contributed by atoms with Crippen LogP contribution in [-0.4, -0.2) is 22.8 Å². The summed E-state index contributed by atoms with van der Waals surface area (Å²) in [6.45, 7) is 3.31. The van der Waals surface area contributed by atoms with Crippen LogP contribution in [-0.2, 0) is 4.79 Å². The standard InChI is InChI=1S/C12H15N7OS/c1-5-3-4-7-9(21-12(17-7)16-6(2)20)8(5)18-11(15)19-10(13)14/h3-4H,1-2H3,(H,16,17,20)(H6,13,14,15,18,19). The quantitative estimate of drug-likeness (QED) is 0.478. The molecule has 7 N–H and O–H groups in total. The largest absolute Gasteiger partial charge is 0.370 e. The number of aromatic nitrogens is 1. The minimum Gasteiger partial charge on any atom is -0.370 e. The number of amides is 1. The van der Waals surface area contributed by atoms with Crippen molar-refractivity contribution in [1.29, 1.82) is 0 Å². The van der Waals surface area contributed by atoms with Gasteiger partial charge in [-0.25, -0.2) is 9.98 Å². The fourth-order valence-corrected chi connectivity index (χ4v) is 2.74. The van der Waals surface area contributed by atoms with E-state index in [-0.39, 0.29) is 17.8 Å². The van der Waals surface area contributed by atoms with E-state index in [9.17, 15) is 4.79 Å². The van der Waals surface area contributed by atoms with Gasteiger partial charge in [0.1, 0.15) is 0 Å². The van der Waals surface area contributed by atoms with Crippen LogP contribution in [0.2, 0.25) is 0 Å². The topological polar surface area (TPSA) is 145 Å². The molecule has 0 fully saturated rings. The molecule has 21 heavy (non-hydrogen) atoms. The van der Waals surface area contributed by atoms with Gasteiger partial charge in [-0.3, -0.25) is 4.79 Å². The minimum absolute atomic E-state index is 0.0416. The van der Waals surface area contributed by atoms with E-state index < -0.39 is 0 Å². The Labute approximate surface area is 124 Å². The zero-order chi connectivity index (χ0) is 15.6. The molecule has 1 amide bonds. The van der Waals surface area contributed by atoms with Crippen molar-refractivity contribution in [2.75, 3.05) is 5.32 Å². The summed E-state index contributed by atoms with van der Waals surface area (Å²) in [5, 5.41) is 3.15. The molecule has 0 aliphatic rings. The Morgan fingerprint density at radius 3 is 2.67 bits per heavy atom. The van der Waals surface area contributed by atoms with Gasteiger partial charge in [-0.05, 0) is 18.6 Å². The Balaban J connectivity index is 2.56. The van der Waals surface area contributed by atoms with Gasteiger partial charge < -0.3 is 22.5 Å². The van der Waals surface area contributed by atoms with E-state index in [1.807, 2.05) is 19.1 Å². The van der Waals surface area contributed by atoms with Crippen LogP contribution in [0.1, 0.15) is 12.5 Å². The molecule has 0 radical (unpaired) electrons. The highest BCUT2D eigenvalue weighted by Gasteiger charge is 2.11. The van der Waals surface area contributed by atoms with Gasteiger partial charge >= 0.3 is 0 Å². The van der Waals surface area contributed by atoms with E-state index in [1.54, 1.807) is 0 Å². The van der Waals surface area contributed by atoms with E-state index in [1.165, 1.54) is 18.3 Å². The maximum Gasteiger partial charge on any atom is 0.223 e. The first-order valence-corrected chi connectivity index (χ1v) is 6.80. The molecule has 1 heterocycles. The Morgan fingerprint density at radius 2 is 2.05 bits per heavy atom. The summed E-state index contributed by atoms with van der Waals surface area (Å²) < 4.78 is 0.799. The van der Waals surface area contributed by atoms with Gasteiger partial charge in [0.25, 0.3) is 0 Å². The highest BCUT2D eigenvalue weighted by molar-refractivity contribution is 7.23. The molecular weight excluding hydrogens is 290 g/mol. The van der Waals surface area contributed by atoms with Gasteiger partial charge in [0.05, 0.1) is 15.9 Å². The average molecular weight is 305 g/mol. The van der Waals surface area contributed by atoms with Crippen molar-refractivity contribution in [3.8, 4) is 0 Å². The van der Waals surface area contributed by atoms with Crippen molar-refractivity contribution >= 4 is 50.2 Å². The summed E-state index contributed by atoms with van der Waals surface area (Å²) in [4.78, 5) is 23.3. The smallest absolute Gasteiger partial charge is 0.223 e. The van der Waals surface area contributed by atoms with Gasteiger partial charge in [-0.15, -0.1) is 0 Å². The zero-order valence-electron chi connectivity index (χ0n) is 11.5. The minimum atomic E-state index is -0.184. The molecule has 2 aromatic rings. The maximum atomic E-state index is 11.1. The van der Waals surface area contributed by atoms with Crippen molar-refractivity contribution in [3.63, 3.8) is 0 Å². The number of hydrogen-bond acceptors (Lipinski definition) is 4. The third-order valence-electron chi connectivity index (χ3n) is 2.49. The molecule has 0 unspecified atom stereocenters. The average Bonchev–Trinajstić information content (AvgIpc) is 2.73. The third kappa shape index (κ3) is 3.45. The molecular formula is C12H15N7OS. The Bertz CT molecular complexity index is 758. The normalized spacial score (nSPS) is 11.4. The first kappa shape index (κ1) is 14.7. The molecule has 1 aromatic heterocycles. The van der Waals surface area contributed by atoms with Gasteiger partial charge in [0.2, 0.25) is 11.9 Å². The number of guanidine groups is 2. The summed E-state index contributed by atoms with van der Waals surface area (Å²) in [6, 6.07) is 3.71. The van der Waals surface area contributed by atoms with Crippen LogP contribution in [0, 0.1) is 6.92 Å². The fraction of sp³-hybridized carbons (Fsp3) is 0.167. The van der Waals surface area contributed by atoms with Crippen LogP contribution < -0.4 is 22.5 Å². The summed E-state index contributed by atoms with van der Waals surface area (Å²) >= 11 is 1.31. The predicted molar refractivity (Wildman–Crippen MR) is 85.8 cm³/mol. The molecule has 0 bridgehead atoms. The van der Waals surface area contributed by atoms with Crippen LogP contribution >= 0.6 is 11.3 Å². The molecule has 0 aliphatic carbocycles. The van der Waals surface area contributed by atoms with Crippen LogP contribution in [0.5, 0.6) is 0 Å². The molecule has 0 atom stereocenters. The lowest BCUT2D eigenvalue weighted by molar-refractivity contribution is -0.114. The molecule has 0 saturated heterocycles. The maximum absolute atomic E-state index is 11.1. The van der Waals surface area contributed by atoms with Gasteiger partial charge in [0, 0.05) is 6.92 Å². The third-order valence-corrected chi connectivity index (χ3v) is 3.48. The molecule has 0 saturated carbocycles. The monoisotopic (exact) mass is 305 g/mol. The molecule has 9 heteroatoms. The first-order valence-electron chi connectivity index (χ1n) is 5.98. The van der Waals surface area contributed by atoms with E-state index in [0.717, 1.165) is 10.3 Å². The van der Waals surface area contributed by atoms with E-state index >= 15 is 0 Å². The Kier molecular flexibility index (Phi) is 4.03. The number of aliphatic imine (C=N–C) groups is 2. The Hall–Kier alpha value is -2.68. The van der Waals surface area contributed by atoms with Crippen LogP contribution in [0.25, 0.3) is 10.2 Å². The van der Waals surface area contributed by atoms with Crippen molar-refractivity contribution < 1.29 is 4.79 Å². The molecule has 1 aromatic carbocycles. The summed E-state index contributed by atoms with van der Waals surface area (Å²) in [5.74, 6) is -0.389. The number of benzene rings is 1. The number of nitrogens with one attached hydrogen (secondary N) is 1. The lowest BCUT2D eigenvalue weighted by Crippen LogP contribution is -2.26. The molecule has 0 spiro atoms. The number of carbonyl (C=O) groups is 1. The number of aryl methyl sites for hydroxylation is 1. The number of fused-ring (bicyclic) bond motifs is 1. The molecule has 0 aliphatic heterocycles. The van der Waals surface area contributed by atoms with E-state index in [4.69, 9.17) is 17.2 Å². The lowest BCUT2D eigenvalue weighted by Gasteiger charge is -2.01. The van der Waals surface area contributed by atoms with Crippen molar-refractivity contribution in [3.05, 3.63) is 17.7 Å². The van der Waals surface area contributed by atoms with Crippen LogP contribution in [0.3, 0.4) is 0 Å². The zero-order valence-corrected chi connectivity index (χ0v) is 12.4. The summed E-state index contributed by atoms with van der Waals surface area (Å²) in [6.07, 6.45) is 0. The second kappa shape index (κ2) is 5.75. The number of rotatable bonds is 2. The van der Waals surface area contributed by atoms with Crippen LogP contribution in [0.15, 0.2) is 22.1 Å². The highest BCUT2D eigenvalue weighted by atomic mass is 32.1. The first-order chi connectivity index (χ1) is 9.86. The SMILES string of the molecule is CC(=O)Nc1nc2ccc(C)c(N=C(N)N=C(N)N)c2s1. The van der Waals surface area contributed by atoms with Gasteiger partial charge in [0.15, 0.2) is 11.1 Å². The molecule has 110 valence electrons. The number of thiazole rings is 1. The second-order valence-corrected chi connectivity index (χ2v) is 5.29. The van der Waals surface area contributed by atoms with Gasteiger partial charge in [-0.2, -0.15) is 4.99 Å². The van der Waals surface area contributed by atoms with Gasteiger partial charge in [-0.1, -0.05) is 17.4 Å². The predicted octanol–water partition coefficient (Wildman–Crippen LogP) is 0.783. The van der Waals surface area contributed by atoms with E-state index in [0.29, 0.717) is 16.3 Å². The number of anilines is 1. The lowest BCUT2D eigenvalue weighted by atomic mass is 10.2. The Morgan fingerprint density at radius 1 is 1.33 bits per heavy atom. The van der Waals surface area contributed by atoms with Crippen LogP contribution in [0.4, 0.5) is 10.8 Å². The van der Waals surface area contributed by atoms with Crippen molar-refractivity contribution in [2.24, 2.45) is 27.2 Å². The summed E-state index contributed by atoms with van der Waals surface area (Å²) in [5.41, 5.74) is 18.4. The number of nitrogens with zero attached hydrogens (tertiary/aromatic N) is 3. The summed E-state index contributed by atoms with van der Waals surface area (Å²) in [7, 11) is 0. The number of hydrogen-bond donors (Lipinski definition) is 4. The van der Waals surface area contributed by atoms with Crippen molar-refractivity contribution in [2.45, 2.75) is 13.8 Å². The second-order valence-electron chi connectivity index (χ2n) is 4.29. The van der Waals surface area contributed by atoms with E-state index in [2.05, 4.69) is 20.3 Å². The fourth-order valence-electron chi connectivity index (χ4n) is 1.69.